The lowest BCUT2D eigenvalue weighted by molar-refractivity contribution is -0.119. The summed E-state index contributed by atoms with van der Waals surface area (Å²) in [5.74, 6) is -0.372. The first-order valence-corrected chi connectivity index (χ1v) is 11.2. The second-order valence-electron chi connectivity index (χ2n) is 7.24. The molecule has 1 aromatic rings. The Kier molecular flexibility index (Phi) is 7.91. The molecular weight excluding hydrogens is 366 g/mol. The van der Waals surface area contributed by atoms with Crippen LogP contribution in [0.15, 0.2) is 24.3 Å². The summed E-state index contributed by atoms with van der Waals surface area (Å²) in [6.45, 7) is 8.94. The van der Waals surface area contributed by atoms with E-state index in [4.69, 9.17) is 4.74 Å². The minimum absolute atomic E-state index is 0.0464. The fraction of sp³-hybridized carbons (Fsp3) is 0.632. The molecule has 0 spiro atoms. The van der Waals surface area contributed by atoms with E-state index in [1.807, 2.05) is 13.8 Å². The van der Waals surface area contributed by atoms with E-state index in [0.717, 1.165) is 38.9 Å². The molecule has 0 saturated carbocycles. The number of carbonyl (C=O) groups is 1. The van der Waals surface area contributed by atoms with Crippen LogP contribution in [0.5, 0.6) is 5.75 Å². The van der Waals surface area contributed by atoms with Crippen LogP contribution in [0.2, 0.25) is 0 Å². The largest absolute Gasteiger partial charge is 0.491 e. The van der Waals surface area contributed by atoms with Crippen molar-refractivity contribution in [3.05, 3.63) is 24.3 Å². The molecule has 1 saturated heterocycles. The summed E-state index contributed by atoms with van der Waals surface area (Å²) in [5, 5.41) is 2.85. The van der Waals surface area contributed by atoms with Gasteiger partial charge in [0.05, 0.1) is 6.10 Å². The van der Waals surface area contributed by atoms with Gasteiger partial charge in [-0.05, 0) is 63.9 Å². The first-order valence-electron chi connectivity index (χ1n) is 9.56. The van der Waals surface area contributed by atoms with E-state index in [-0.39, 0.29) is 12.1 Å². The van der Waals surface area contributed by atoms with Crippen LogP contribution >= 0.6 is 0 Å². The van der Waals surface area contributed by atoms with Crippen molar-refractivity contribution in [2.75, 3.05) is 30.1 Å². The standard InChI is InChI=1S/C19H31N3O4S/c1-4-11-22-12-9-16(10-13-22)20-19(23)14-27(24,25)21-17-5-7-18(8-6-17)26-15(2)3/h5-8,15-16,21H,4,9-14H2,1-3H3,(H,20,23). The summed E-state index contributed by atoms with van der Waals surface area (Å²) >= 11 is 0. The lowest BCUT2D eigenvalue weighted by Crippen LogP contribution is -2.46. The third-order valence-corrected chi connectivity index (χ3v) is 5.50. The van der Waals surface area contributed by atoms with Gasteiger partial charge in [0, 0.05) is 24.8 Å². The van der Waals surface area contributed by atoms with Gasteiger partial charge in [-0.25, -0.2) is 8.42 Å². The van der Waals surface area contributed by atoms with Crippen LogP contribution < -0.4 is 14.8 Å². The highest BCUT2D eigenvalue weighted by molar-refractivity contribution is 7.93. The molecule has 8 heteroatoms. The summed E-state index contributed by atoms with van der Waals surface area (Å²) in [5.41, 5.74) is 0.409. The number of nitrogens with one attached hydrogen (secondary N) is 2. The highest BCUT2D eigenvalue weighted by atomic mass is 32.2. The highest BCUT2D eigenvalue weighted by Gasteiger charge is 2.23. The minimum atomic E-state index is -3.75. The molecule has 152 valence electrons. The maximum atomic E-state index is 12.2. The number of hydrogen-bond donors (Lipinski definition) is 2. The Labute approximate surface area is 162 Å². The first kappa shape index (κ1) is 21.5. The topological polar surface area (TPSA) is 87.7 Å². The van der Waals surface area contributed by atoms with Gasteiger partial charge >= 0.3 is 0 Å². The molecule has 0 unspecified atom stereocenters. The van der Waals surface area contributed by atoms with Crippen LogP contribution in [0.3, 0.4) is 0 Å². The van der Waals surface area contributed by atoms with Gasteiger partial charge in [-0.1, -0.05) is 6.92 Å². The molecule has 7 nitrogen and oxygen atoms in total. The van der Waals surface area contributed by atoms with Gasteiger partial charge in [0.15, 0.2) is 0 Å². The van der Waals surface area contributed by atoms with Gasteiger partial charge < -0.3 is 15.0 Å². The van der Waals surface area contributed by atoms with E-state index in [9.17, 15) is 13.2 Å². The zero-order valence-electron chi connectivity index (χ0n) is 16.4. The smallest absolute Gasteiger partial charge is 0.241 e. The van der Waals surface area contributed by atoms with E-state index in [1.54, 1.807) is 24.3 Å². The molecule has 2 N–H and O–H groups in total. The maximum absolute atomic E-state index is 12.2. The van der Waals surface area contributed by atoms with E-state index >= 15 is 0 Å². The summed E-state index contributed by atoms with van der Waals surface area (Å²) in [4.78, 5) is 14.5. The Morgan fingerprint density at radius 2 is 1.85 bits per heavy atom. The fourth-order valence-corrected chi connectivity index (χ4v) is 4.14. The van der Waals surface area contributed by atoms with Gasteiger partial charge in [-0.15, -0.1) is 0 Å². The van der Waals surface area contributed by atoms with Crippen molar-refractivity contribution >= 4 is 21.6 Å². The van der Waals surface area contributed by atoms with Crippen LogP contribution in [0.4, 0.5) is 5.69 Å². The third kappa shape index (κ3) is 7.76. The van der Waals surface area contributed by atoms with E-state index in [0.29, 0.717) is 11.4 Å². The summed E-state index contributed by atoms with van der Waals surface area (Å²) in [7, 11) is -3.75. The second kappa shape index (κ2) is 9.94. The number of benzene rings is 1. The number of nitrogens with zero attached hydrogens (tertiary/aromatic N) is 1. The monoisotopic (exact) mass is 397 g/mol. The summed E-state index contributed by atoms with van der Waals surface area (Å²) < 4.78 is 32.4. The average molecular weight is 398 g/mol. The Balaban J connectivity index is 1.80. The molecule has 0 atom stereocenters. The van der Waals surface area contributed by atoms with Crippen LogP contribution in [0.25, 0.3) is 0 Å². The van der Waals surface area contributed by atoms with Crippen molar-refractivity contribution in [1.29, 1.82) is 0 Å². The minimum Gasteiger partial charge on any atom is -0.491 e. The van der Waals surface area contributed by atoms with Crippen molar-refractivity contribution in [2.24, 2.45) is 0 Å². The molecule has 1 heterocycles. The Morgan fingerprint density at radius 1 is 1.22 bits per heavy atom. The number of sulfonamides is 1. The quantitative estimate of drug-likeness (QED) is 0.667. The van der Waals surface area contributed by atoms with Crippen molar-refractivity contribution in [2.45, 2.75) is 52.2 Å². The van der Waals surface area contributed by atoms with Gasteiger partial charge in [0.1, 0.15) is 11.5 Å². The van der Waals surface area contributed by atoms with Gasteiger partial charge in [-0.2, -0.15) is 0 Å². The van der Waals surface area contributed by atoms with Crippen LogP contribution in [0, 0.1) is 0 Å². The summed E-state index contributed by atoms with van der Waals surface area (Å²) in [6, 6.07) is 6.69. The van der Waals surface area contributed by atoms with E-state index in [2.05, 4.69) is 21.9 Å². The van der Waals surface area contributed by atoms with Gasteiger partial charge in [-0.3, -0.25) is 9.52 Å². The van der Waals surface area contributed by atoms with Crippen molar-refractivity contribution in [1.82, 2.24) is 10.2 Å². The third-order valence-electron chi connectivity index (χ3n) is 4.31. The van der Waals surface area contributed by atoms with Gasteiger partial charge in [0.2, 0.25) is 15.9 Å². The Bertz CT molecular complexity index is 696. The maximum Gasteiger partial charge on any atom is 0.241 e. The van der Waals surface area contributed by atoms with Crippen LogP contribution in [-0.2, 0) is 14.8 Å². The number of carbonyl (C=O) groups excluding carboxylic acids is 1. The van der Waals surface area contributed by atoms with Crippen molar-refractivity contribution in [3.63, 3.8) is 0 Å². The molecule has 0 aromatic heterocycles. The fourth-order valence-electron chi connectivity index (χ4n) is 3.15. The molecule has 0 aliphatic carbocycles. The lowest BCUT2D eigenvalue weighted by atomic mass is 10.1. The predicted octanol–water partition coefficient (Wildman–Crippen LogP) is 2.21. The molecule has 27 heavy (non-hydrogen) atoms. The molecule has 1 aliphatic rings. The molecule has 1 fully saturated rings. The second-order valence-corrected chi connectivity index (χ2v) is 8.96. The molecular formula is C19H31N3O4S. The van der Waals surface area contributed by atoms with E-state index < -0.39 is 21.7 Å². The lowest BCUT2D eigenvalue weighted by Gasteiger charge is -2.32. The number of ether oxygens (including phenoxy) is 1. The Morgan fingerprint density at radius 3 is 2.41 bits per heavy atom. The normalized spacial score (nSPS) is 16.3. The molecule has 1 aliphatic heterocycles. The van der Waals surface area contributed by atoms with Crippen LogP contribution in [0.1, 0.15) is 40.0 Å². The molecule has 0 bridgehead atoms. The summed E-state index contributed by atoms with van der Waals surface area (Å²) in [6.07, 6.45) is 2.88. The SMILES string of the molecule is CCCN1CCC(NC(=O)CS(=O)(=O)Nc2ccc(OC(C)C)cc2)CC1. The van der Waals surface area contributed by atoms with Gasteiger partial charge in [0.25, 0.3) is 0 Å². The highest BCUT2D eigenvalue weighted by Crippen LogP contribution is 2.18. The average Bonchev–Trinajstić information content (AvgIpc) is 2.57. The molecule has 1 amide bonds. The van der Waals surface area contributed by atoms with Crippen molar-refractivity contribution in [3.8, 4) is 5.75 Å². The number of piperidine rings is 1. The number of amides is 1. The number of hydrogen-bond acceptors (Lipinski definition) is 5. The predicted molar refractivity (Wildman–Crippen MR) is 108 cm³/mol. The zero-order chi connectivity index (χ0) is 19.9. The first-order chi connectivity index (χ1) is 12.8. The molecule has 0 radical (unpaired) electrons. The number of likely N-dealkylation sites (tertiary alicyclic amines) is 1. The van der Waals surface area contributed by atoms with Crippen molar-refractivity contribution < 1.29 is 17.9 Å². The number of anilines is 1. The zero-order valence-corrected chi connectivity index (χ0v) is 17.2. The van der Waals surface area contributed by atoms with Crippen LogP contribution in [-0.4, -0.2) is 56.8 Å². The van der Waals surface area contributed by atoms with E-state index in [1.165, 1.54) is 0 Å². The molecule has 1 aromatic carbocycles. The number of rotatable bonds is 9. The molecule has 2 rings (SSSR count). The Hall–Kier alpha value is -1.80.